The number of para-hydroxylation sites is 1. The van der Waals surface area contributed by atoms with Crippen molar-refractivity contribution in [2.75, 3.05) is 29.9 Å². The molecule has 1 aromatic heterocycles. The van der Waals surface area contributed by atoms with Crippen LogP contribution in [0.3, 0.4) is 0 Å². The van der Waals surface area contributed by atoms with Crippen LogP contribution in [0.4, 0.5) is 5.69 Å². The number of anilines is 1. The van der Waals surface area contributed by atoms with Crippen LogP contribution in [0.1, 0.15) is 47.3 Å². The van der Waals surface area contributed by atoms with Crippen LogP contribution in [-0.2, 0) is 6.54 Å². The Labute approximate surface area is 188 Å². The highest BCUT2D eigenvalue weighted by Crippen LogP contribution is 2.23. The third-order valence-corrected chi connectivity index (χ3v) is 6.40. The van der Waals surface area contributed by atoms with Crippen molar-refractivity contribution in [3.05, 3.63) is 71.3 Å². The molecule has 1 aliphatic heterocycles. The molecular weight excluding hydrogens is 406 g/mol. The summed E-state index contributed by atoms with van der Waals surface area (Å²) in [6, 6.07) is 16.2. The van der Waals surface area contributed by atoms with Gasteiger partial charge in [0, 0.05) is 36.8 Å². The molecular formula is C24H29N5OS. The van der Waals surface area contributed by atoms with Gasteiger partial charge in [-0.05, 0) is 42.2 Å². The van der Waals surface area contributed by atoms with Gasteiger partial charge < -0.3 is 5.32 Å². The first-order valence-corrected chi connectivity index (χ1v) is 11.9. The lowest BCUT2D eigenvalue weighted by Crippen LogP contribution is -2.31. The van der Waals surface area contributed by atoms with E-state index in [9.17, 15) is 4.79 Å². The lowest BCUT2D eigenvalue weighted by Gasteiger charge is -2.26. The maximum absolute atomic E-state index is 12.9. The summed E-state index contributed by atoms with van der Waals surface area (Å²) in [6.45, 7) is 9.29. The molecule has 3 aromatic rings. The van der Waals surface area contributed by atoms with E-state index in [0.717, 1.165) is 31.0 Å². The lowest BCUT2D eigenvalue weighted by atomic mass is 10.0. The van der Waals surface area contributed by atoms with Crippen LogP contribution >= 0.6 is 11.8 Å². The predicted molar refractivity (Wildman–Crippen MR) is 127 cm³/mol. The van der Waals surface area contributed by atoms with Crippen LogP contribution in [0.2, 0.25) is 0 Å². The number of aryl methyl sites for hydroxylation is 1. The highest BCUT2D eigenvalue weighted by atomic mass is 32.2. The summed E-state index contributed by atoms with van der Waals surface area (Å²) in [5.74, 6) is 3.28. The minimum atomic E-state index is -0.296. The second kappa shape index (κ2) is 9.66. The number of amides is 1. The van der Waals surface area contributed by atoms with Gasteiger partial charge in [-0.25, -0.2) is 9.67 Å². The summed E-state index contributed by atoms with van der Waals surface area (Å²) in [5, 5.41) is 7.48. The number of benzene rings is 2. The van der Waals surface area contributed by atoms with Crippen LogP contribution in [0.15, 0.2) is 48.5 Å². The zero-order chi connectivity index (χ0) is 21.8. The molecule has 1 amide bonds. The Morgan fingerprint density at radius 1 is 1.13 bits per heavy atom. The summed E-state index contributed by atoms with van der Waals surface area (Å²) in [6.07, 6.45) is 0. The van der Waals surface area contributed by atoms with E-state index in [-0.39, 0.29) is 11.7 Å². The van der Waals surface area contributed by atoms with Crippen molar-refractivity contribution >= 4 is 23.4 Å². The van der Waals surface area contributed by atoms with Crippen LogP contribution in [0.25, 0.3) is 5.69 Å². The summed E-state index contributed by atoms with van der Waals surface area (Å²) in [5.41, 5.74) is 4.10. The molecule has 7 heteroatoms. The van der Waals surface area contributed by atoms with E-state index in [1.165, 1.54) is 22.6 Å². The molecule has 0 unspecified atom stereocenters. The van der Waals surface area contributed by atoms with Crippen molar-refractivity contribution in [1.29, 1.82) is 0 Å². The van der Waals surface area contributed by atoms with Crippen molar-refractivity contribution in [2.24, 2.45) is 0 Å². The zero-order valence-corrected chi connectivity index (χ0v) is 19.2. The van der Waals surface area contributed by atoms with E-state index >= 15 is 0 Å². The van der Waals surface area contributed by atoms with E-state index in [1.54, 1.807) is 4.68 Å². The van der Waals surface area contributed by atoms with Crippen LogP contribution in [-0.4, -0.2) is 50.2 Å². The molecule has 1 aliphatic rings. The Kier molecular flexibility index (Phi) is 6.73. The smallest absolute Gasteiger partial charge is 0.295 e. The topological polar surface area (TPSA) is 63.1 Å². The summed E-state index contributed by atoms with van der Waals surface area (Å²) >= 11 is 2.01. The van der Waals surface area contributed by atoms with E-state index in [2.05, 4.69) is 46.3 Å². The Bertz CT molecular complexity index is 1060. The largest absolute Gasteiger partial charge is 0.319 e. The highest BCUT2D eigenvalue weighted by molar-refractivity contribution is 7.99. The Morgan fingerprint density at radius 3 is 2.68 bits per heavy atom. The van der Waals surface area contributed by atoms with Gasteiger partial charge in [-0.1, -0.05) is 44.2 Å². The zero-order valence-electron chi connectivity index (χ0n) is 18.3. The number of thioether (sulfide) groups is 1. The number of carbonyl (C=O) groups is 1. The van der Waals surface area contributed by atoms with Crippen LogP contribution in [0, 0.1) is 6.92 Å². The van der Waals surface area contributed by atoms with E-state index in [1.807, 2.05) is 55.1 Å². The van der Waals surface area contributed by atoms with Gasteiger partial charge >= 0.3 is 0 Å². The van der Waals surface area contributed by atoms with Gasteiger partial charge in [-0.3, -0.25) is 9.69 Å². The molecule has 0 atom stereocenters. The predicted octanol–water partition coefficient (Wildman–Crippen LogP) is 4.50. The molecule has 0 spiro atoms. The number of aromatic nitrogens is 3. The van der Waals surface area contributed by atoms with E-state index in [4.69, 9.17) is 0 Å². The number of hydrogen-bond acceptors (Lipinski definition) is 5. The second-order valence-corrected chi connectivity index (χ2v) is 9.38. The van der Waals surface area contributed by atoms with Crippen molar-refractivity contribution in [3.63, 3.8) is 0 Å². The molecule has 4 rings (SSSR count). The fourth-order valence-electron chi connectivity index (χ4n) is 3.83. The fourth-order valence-corrected chi connectivity index (χ4v) is 4.81. The molecule has 1 fully saturated rings. The van der Waals surface area contributed by atoms with Crippen molar-refractivity contribution in [1.82, 2.24) is 19.7 Å². The minimum Gasteiger partial charge on any atom is -0.319 e. The minimum absolute atomic E-state index is 0.175. The first-order valence-electron chi connectivity index (χ1n) is 10.7. The summed E-state index contributed by atoms with van der Waals surface area (Å²) in [7, 11) is 0. The molecule has 162 valence electrons. The number of carbonyl (C=O) groups excluding carboxylic acids is 1. The highest BCUT2D eigenvalue weighted by Gasteiger charge is 2.18. The molecule has 0 bridgehead atoms. The normalized spacial score (nSPS) is 14.7. The second-order valence-electron chi connectivity index (χ2n) is 8.15. The number of nitrogens with zero attached hydrogens (tertiary/aromatic N) is 4. The molecule has 1 N–H and O–H groups in total. The number of hydrogen-bond donors (Lipinski definition) is 1. The third-order valence-electron chi connectivity index (χ3n) is 5.45. The maximum Gasteiger partial charge on any atom is 0.295 e. The fraction of sp³-hybridized carbons (Fsp3) is 0.375. The first kappa shape index (κ1) is 21.6. The van der Waals surface area contributed by atoms with E-state index in [0.29, 0.717) is 11.7 Å². The quantitative estimate of drug-likeness (QED) is 0.618. The van der Waals surface area contributed by atoms with Crippen molar-refractivity contribution in [3.8, 4) is 5.69 Å². The standard InChI is InChI=1S/C24H29N5OS/c1-17(2)21-9-4-5-10-22(21)29-18(3)25-23(27-29)24(30)26-20-8-6-7-19(15-20)16-28-11-13-31-14-12-28/h4-10,15,17H,11-14,16H2,1-3H3,(H,26,30). The summed E-state index contributed by atoms with van der Waals surface area (Å²) in [4.78, 5) is 19.8. The molecule has 31 heavy (non-hydrogen) atoms. The Morgan fingerprint density at radius 2 is 1.90 bits per heavy atom. The SMILES string of the molecule is Cc1nc(C(=O)Nc2cccc(CN3CCSCC3)c2)nn1-c1ccccc1C(C)C. The van der Waals surface area contributed by atoms with E-state index < -0.39 is 0 Å². The number of nitrogens with one attached hydrogen (secondary N) is 1. The van der Waals surface area contributed by atoms with Gasteiger partial charge in [0.1, 0.15) is 5.82 Å². The van der Waals surface area contributed by atoms with Gasteiger partial charge in [0.15, 0.2) is 0 Å². The lowest BCUT2D eigenvalue weighted by molar-refractivity contribution is 0.101. The third kappa shape index (κ3) is 5.17. The van der Waals surface area contributed by atoms with Gasteiger partial charge in [-0.15, -0.1) is 5.10 Å². The maximum atomic E-state index is 12.9. The average molecular weight is 436 g/mol. The number of rotatable bonds is 6. The first-order chi connectivity index (χ1) is 15.0. The van der Waals surface area contributed by atoms with Crippen LogP contribution in [0.5, 0.6) is 0 Å². The molecule has 2 heterocycles. The molecule has 6 nitrogen and oxygen atoms in total. The molecule has 0 aliphatic carbocycles. The van der Waals surface area contributed by atoms with Gasteiger partial charge in [0.25, 0.3) is 5.91 Å². The van der Waals surface area contributed by atoms with Crippen molar-refractivity contribution in [2.45, 2.75) is 33.2 Å². The van der Waals surface area contributed by atoms with Gasteiger partial charge in [0.05, 0.1) is 5.69 Å². The average Bonchev–Trinajstić information content (AvgIpc) is 3.16. The molecule has 0 radical (unpaired) electrons. The monoisotopic (exact) mass is 435 g/mol. The molecule has 0 saturated carbocycles. The Hall–Kier alpha value is -2.64. The van der Waals surface area contributed by atoms with Crippen molar-refractivity contribution < 1.29 is 4.79 Å². The van der Waals surface area contributed by atoms with Gasteiger partial charge in [-0.2, -0.15) is 11.8 Å². The summed E-state index contributed by atoms with van der Waals surface area (Å²) < 4.78 is 1.76. The van der Waals surface area contributed by atoms with Crippen LogP contribution < -0.4 is 5.32 Å². The molecule has 1 saturated heterocycles. The molecule has 2 aromatic carbocycles. The Balaban J connectivity index is 1.50. The van der Waals surface area contributed by atoms with Gasteiger partial charge in [0.2, 0.25) is 5.82 Å².